The second kappa shape index (κ2) is 5.68. The monoisotopic (exact) mass is 267 g/mol. The van der Waals surface area contributed by atoms with E-state index in [0.29, 0.717) is 5.41 Å². The van der Waals surface area contributed by atoms with Gasteiger partial charge in [0, 0.05) is 25.0 Å². The van der Waals surface area contributed by atoms with E-state index in [9.17, 15) is 0 Å². The van der Waals surface area contributed by atoms with Gasteiger partial charge in [0.25, 0.3) is 0 Å². The van der Waals surface area contributed by atoms with Crippen molar-refractivity contribution in [2.75, 3.05) is 26.7 Å². The van der Waals surface area contributed by atoms with Crippen LogP contribution in [0.2, 0.25) is 0 Å². The maximum Gasteiger partial charge on any atom is 0.0897 e. The Bertz CT molecular complexity index is 380. The number of hydrogen-bond donors (Lipinski definition) is 1. The molecule has 2 rings (SSSR count). The highest BCUT2D eigenvalue weighted by atomic mass is 32.1. The van der Waals surface area contributed by atoms with Crippen LogP contribution in [-0.4, -0.2) is 36.6 Å². The predicted molar refractivity (Wildman–Crippen MR) is 77.9 cm³/mol. The number of rotatable bonds is 5. The van der Waals surface area contributed by atoms with Gasteiger partial charge in [0.2, 0.25) is 0 Å². The number of thiazole rings is 1. The van der Waals surface area contributed by atoms with Crippen LogP contribution in [0.25, 0.3) is 0 Å². The van der Waals surface area contributed by atoms with E-state index in [0.717, 1.165) is 25.6 Å². The van der Waals surface area contributed by atoms with Crippen molar-refractivity contribution in [1.82, 2.24) is 15.2 Å². The normalized spacial score (nSPS) is 24.3. The van der Waals surface area contributed by atoms with Crippen LogP contribution in [0.4, 0.5) is 0 Å². The summed E-state index contributed by atoms with van der Waals surface area (Å²) in [6.07, 6.45) is 1.30. The van der Waals surface area contributed by atoms with Crippen molar-refractivity contribution in [2.24, 2.45) is 11.3 Å². The average molecular weight is 267 g/mol. The number of nitrogens with one attached hydrogen (secondary N) is 1. The van der Waals surface area contributed by atoms with E-state index in [4.69, 9.17) is 0 Å². The Morgan fingerprint density at radius 3 is 2.83 bits per heavy atom. The Morgan fingerprint density at radius 2 is 2.33 bits per heavy atom. The van der Waals surface area contributed by atoms with E-state index in [1.807, 2.05) is 0 Å². The predicted octanol–water partition coefficient (Wildman–Crippen LogP) is 2.52. The largest absolute Gasteiger partial charge is 0.316 e. The first-order valence-electron chi connectivity index (χ1n) is 6.82. The highest BCUT2D eigenvalue weighted by Crippen LogP contribution is 2.35. The van der Waals surface area contributed by atoms with Crippen molar-refractivity contribution in [3.63, 3.8) is 0 Å². The van der Waals surface area contributed by atoms with Crippen molar-refractivity contribution in [2.45, 2.75) is 33.7 Å². The third kappa shape index (κ3) is 3.11. The van der Waals surface area contributed by atoms with E-state index in [2.05, 4.69) is 48.4 Å². The quantitative estimate of drug-likeness (QED) is 0.888. The van der Waals surface area contributed by atoms with Crippen LogP contribution in [0.3, 0.4) is 0 Å². The lowest BCUT2D eigenvalue weighted by Crippen LogP contribution is -2.41. The van der Waals surface area contributed by atoms with Crippen LogP contribution in [0.5, 0.6) is 0 Å². The molecule has 1 aromatic rings. The summed E-state index contributed by atoms with van der Waals surface area (Å²) in [5, 5.41) is 6.88. The molecule has 0 bridgehead atoms. The number of nitrogens with zero attached hydrogens (tertiary/aromatic N) is 2. The van der Waals surface area contributed by atoms with Crippen LogP contribution in [0, 0.1) is 18.3 Å². The summed E-state index contributed by atoms with van der Waals surface area (Å²) in [6.45, 7) is 11.2. The van der Waals surface area contributed by atoms with E-state index >= 15 is 0 Å². The van der Waals surface area contributed by atoms with Crippen molar-refractivity contribution in [3.05, 3.63) is 16.1 Å². The Kier molecular flexibility index (Phi) is 4.41. The molecule has 1 aromatic heterocycles. The fourth-order valence-corrected chi connectivity index (χ4v) is 3.53. The first kappa shape index (κ1) is 14.0. The highest BCUT2D eigenvalue weighted by Gasteiger charge is 2.37. The Balaban J connectivity index is 1.95. The molecule has 4 heteroatoms. The summed E-state index contributed by atoms with van der Waals surface area (Å²) < 4.78 is 0. The van der Waals surface area contributed by atoms with E-state index in [1.165, 1.54) is 23.7 Å². The van der Waals surface area contributed by atoms with Gasteiger partial charge in [-0.05, 0) is 38.3 Å². The van der Waals surface area contributed by atoms with Gasteiger partial charge in [-0.2, -0.15) is 0 Å². The molecule has 18 heavy (non-hydrogen) atoms. The minimum Gasteiger partial charge on any atom is -0.316 e. The summed E-state index contributed by atoms with van der Waals surface area (Å²) in [7, 11) is 2.22. The fourth-order valence-electron chi connectivity index (χ4n) is 2.92. The molecule has 2 heterocycles. The standard InChI is InChI=1S/C14H25N3S/c1-11(2)14(5-6-15-9-14)10-17(4)7-13-8-18-12(3)16-13/h8,11,15H,5-7,9-10H2,1-4H3. The van der Waals surface area contributed by atoms with E-state index < -0.39 is 0 Å². The first-order chi connectivity index (χ1) is 8.52. The Labute approximate surface area is 115 Å². The van der Waals surface area contributed by atoms with Crippen LogP contribution in [0.15, 0.2) is 5.38 Å². The minimum atomic E-state index is 0.444. The number of aromatic nitrogens is 1. The maximum atomic E-state index is 4.55. The fraction of sp³-hybridized carbons (Fsp3) is 0.786. The van der Waals surface area contributed by atoms with Crippen LogP contribution >= 0.6 is 11.3 Å². The molecular weight excluding hydrogens is 242 g/mol. The van der Waals surface area contributed by atoms with E-state index in [1.54, 1.807) is 11.3 Å². The lowest BCUT2D eigenvalue weighted by atomic mass is 9.76. The van der Waals surface area contributed by atoms with Gasteiger partial charge in [0.15, 0.2) is 0 Å². The van der Waals surface area contributed by atoms with Gasteiger partial charge in [0.1, 0.15) is 0 Å². The number of hydrogen-bond acceptors (Lipinski definition) is 4. The third-order valence-electron chi connectivity index (χ3n) is 4.18. The Morgan fingerprint density at radius 1 is 1.56 bits per heavy atom. The zero-order valence-electron chi connectivity index (χ0n) is 12.0. The van der Waals surface area contributed by atoms with Gasteiger partial charge in [-0.25, -0.2) is 4.98 Å². The molecule has 0 amide bonds. The summed E-state index contributed by atoms with van der Waals surface area (Å²) >= 11 is 1.74. The molecular formula is C14H25N3S. The molecule has 1 saturated heterocycles. The van der Waals surface area contributed by atoms with Crippen LogP contribution in [0.1, 0.15) is 31.0 Å². The lowest BCUT2D eigenvalue weighted by Gasteiger charge is -2.36. The van der Waals surface area contributed by atoms with Gasteiger partial charge in [0.05, 0.1) is 10.7 Å². The molecule has 1 fully saturated rings. The molecule has 0 radical (unpaired) electrons. The molecule has 1 aliphatic rings. The van der Waals surface area contributed by atoms with Gasteiger partial charge in [-0.1, -0.05) is 13.8 Å². The summed E-state index contributed by atoms with van der Waals surface area (Å²) in [5.41, 5.74) is 1.66. The van der Waals surface area contributed by atoms with Gasteiger partial charge >= 0.3 is 0 Å². The summed E-state index contributed by atoms with van der Waals surface area (Å²) in [6, 6.07) is 0. The van der Waals surface area contributed by atoms with Crippen LogP contribution in [-0.2, 0) is 6.54 Å². The minimum absolute atomic E-state index is 0.444. The summed E-state index contributed by atoms with van der Waals surface area (Å²) in [4.78, 5) is 6.99. The van der Waals surface area contributed by atoms with Crippen LogP contribution < -0.4 is 5.32 Å². The molecule has 1 unspecified atom stereocenters. The molecule has 0 aliphatic carbocycles. The van der Waals surface area contributed by atoms with E-state index in [-0.39, 0.29) is 0 Å². The second-order valence-corrected chi connectivity index (χ2v) is 7.04. The molecule has 0 aromatic carbocycles. The lowest BCUT2D eigenvalue weighted by molar-refractivity contribution is 0.131. The molecule has 0 saturated carbocycles. The average Bonchev–Trinajstić information content (AvgIpc) is 2.89. The maximum absolute atomic E-state index is 4.55. The number of aryl methyl sites for hydroxylation is 1. The zero-order valence-corrected chi connectivity index (χ0v) is 12.8. The molecule has 0 spiro atoms. The topological polar surface area (TPSA) is 28.2 Å². The second-order valence-electron chi connectivity index (χ2n) is 5.97. The van der Waals surface area contributed by atoms with Gasteiger partial charge < -0.3 is 5.32 Å². The molecule has 3 nitrogen and oxygen atoms in total. The first-order valence-corrected chi connectivity index (χ1v) is 7.70. The third-order valence-corrected chi connectivity index (χ3v) is 5.01. The molecule has 102 valence electrons. The van der Waals surface area contributed by atoms with Crippen molar-refractivity contribution < 1.29 is 0 Å². The van der Waals surface area contributed by atoms with Crippen molar-refractivity contribution in [1.29, 1.82) is 0 Å². The molecule has 1 atom stereocenters. The zero-order chi connectivity index (χ0) is 13.2. The smallest absolute Gasteiger partial charge is 0.0897 e. The molecule has 1 N–H and O–H groups in total. The SMILES string of the molecule is Cc1nc(CN(C)CC2(C(C)C)CCNC2)cs1. The van der Waals surface area contributed by atoms with Crippen molar-refractivity contribution >= 4 is 11.3 Å². The summed E-state index contributed by atoms with van der Waals surface area (Å²) in [5.74, 6) is 0.729. The van der Waals surface area contributed by atoms with Gasteiger partial charge in [-0.3, -0.25) is 4.90 Å². The van der Waals surface area contributed by atoms with Crippen molar-refractivity contribution in [3.8, 4) is 0 Å². The van der Waals surface area contributed by atoms with Gasteiger partial charge in [-0.15, -0.1) is 11.3 Å². The Hall–Kier alpha value is -0.450. The highest BCUT2D eigenvalue weighted by molar-refractivity contribution is 7.09. The molecule has 1 aliphatic heterocycles.